The van der Waals surface area contributed by atoms with Gasteiger partial charge in [-0.25, -0.2) is 0 Å². The fraction of sp³-hybridized carbons (Fsp3) is 0.938. The molecule has 2 heteroatoms. The fourth-order valence-electron chi connectivity index (χ4n) is 2.16. The Morgan fingerprint density at radius 2 is 1.28 bits per heavy atom. The molecule has 0 unspecified atom stereocenters. The number of rotatable bonds is 14. The van der Waals surface area contributed by atoms with Gasteiger partial charge in [-0.15, -0.1) is 0 Å². The summed E-state index contributed by atoms with van der Waals surface area (Å²) in [6, 6.07) is 0. The van der Waals surface area contributed by atoms with Crippen LogP contribution in [0.5, 0.6) is 0 Å². The Labute approximate surface area is 114 Å². The average molecular weight is 255 g/mol. The first kappa shape index (κ1) is 17.6. The molecule has 0 amide bonds. The molecular weight excluding hydrogens is 222 g/mol. The first-order valence-corrected chi connectivity index (χ1v) is 8.03. The molecule has 0 bridgehead atoms. The minimum absolute atomic E-state index is 0.372. The number of carbonyl (C=O) groups is 1. The van der Waals surface area contributed by atoms with Gasteiger partial charge in [0.1, 0.15) is 5.78 Å². The van der Waals surface area contributed by atoms with E-state index in [4.69, 9.17) is 0 Å². The lowest BCUT2D eigenvalue weighted by atomic mass is 10.1. The molecule has 0 aliphatic rings. The van der Waals surface area contributed by atoms with E-state index in [0.717, 1.165) is 19.4 Å². The van der Waals surface area contributed by atoms with Crippen LogP contribution in [0.1, 0.15) is 84.5 Å². The van der Waals surface area contributed by atoms with Gasteiger partial charge < -0.3 is 5.32 Å². The molecule has 0 aliphatic carbocycles. The van der Waals surface area contributed by atoms with Crippen LogP contribution in [0.4, 0.5) is 0 Å². The van der Waals surface area contributed by atoms with Gasteiger partial charge in [0.15, 0.2) is 0 Å². The third-order valence-corrected chi connectivity index (χ3v) is 3.38. The Kier molecular flexibility index (Phi) is 14.4. The highest BCUT2D eigenvalue weighted by molar-refractivity contribution is 5.80. The lowest BCUT2D eigenvalue weighted by molar-refractivity contribution is -0.118. The number of hydrogen-bond donors (Lipinski definition) is 1. The van der Waals surface area contributed by atoms with Crippen LogP contribution in [0.25, 0.3) is 0 Å². The second-order valence-corrected chi connectivity index (χ2v) is 5.25. The number of unbranched alkanes of at least 4 members (excludes halogenated alkanes) is 9. The Hall–Kier alpha value is -0.370. The molecule has 1 N–H and O–H groups in total. The van der Waals surface area contributed by atoms with Gasteiger partial charge in [0.2, 0.25) is 0 Å². The predicted octanol–water partition coefficient (Wildman–Crippen LogP) is 4.48. The van der Waals surface area contributed by atoms with Crippen molar-refractivity contribution >= 4 is 5.78 Å². The SMILES string of the molecule is CCCCCCCCCCCCC(=O)CNCC. The highest BCUT2D eigenvalue weighted by Gasteiger charge is 2.00. The molecule has 0 atom stereocenters. The van der Waals surface area contributed by atoms with Crippen molar-refractivity contribution in [2.24, 2.45) is 0 Å². The third-order valence-electron chi connectivity index (χ3n) is 3.38. The minimum atomic E-state index is 0.372. The average Bonchev–Trinajstić information content (AvgIpc) is 2.38. The quantitative estimate of drug-likeness (QED) is 0.464. The monoisotopic (exact) mass is 255 g/mol. The van der Waals surface area contributed by atoms with Crippen molar-refractivity contribution in [3.8, 4) is 0 Å². The fourth-order valence-corrected chi connectivity index (χ4v) is 2.16. The van der Waals surface area contributed by atoms with E-state index in [0.29, 0.717) is 12.3 Å². The summed E-state index contributed by atoms with van der Waals surface area (Å²) in [6.45, 7) is 5.75. The standard InChI is InChI=1S/C16H33NO/c1-3-5-6-7-8-9-10-11-12-13-14-16(18)15-17-4-2/h17H,3-15H2,1-2H3. The molecule has 0 heterocycles. The molecule has 18 heavy (non-hydrogen) atoms. The van der Waals surface area contributed by atoms with E-state index >= 15 is 0 Å². The zero-order chi connectivity index (χ0) is 13.5. The highest BCUT2D eigenvalue weighted by Crippen LogP contribution is 2.11. The lowest BCUT2D eigenvalue weighted by Gasteiger charge is -2.03. The van der Waals surface area contributed by atoms with Gasteiger partial charge in [-0.2, -0.15) is 0 Å². The second-order valence-electron chi connectivity index (χ2n) is 5.25. The van der Waals surface area contributed by atoms with Crippen molar-refractivity contribution in [3.63, 3.8) is 0 Å². The predicted molar refractivity (Wildman–Crippen MR) is 80.0 cm³/mol. The van der Waals surface area contributed by atoms with Crippen molar-refractivity contribution in [3.05, 3.63) is 0 Å². The first-order valence-electron chi connectivity index (χ1n) is 8.03. The van der Waals surface area contributed by atoms with Crippen molar-refractivity contribution in [1.29, 1.82) is 0 Å². The van der Waals surface area contributed by atoms with Crippen LogP contribution in [-0.4, -0.2) is 18.9 Å². The van der Waals surface area contributed by atoms with E-state index in [9.17, 15) is 4.79 Å². The molecule has 0 aromatic rings. The molecule has 108 valence electrons. The number of Topliss-reactive ketones (excluding diaryl/α,β-unsaturated/α-hetero) is 1. The van der Waals surface area contributed by atoms with Crippen LogP contribution >= 0.6 is 0 Å². The minimum Gasteiger partial charge on any atom is -0.310 e. The molecule has 0 spiro atoms. The Bertz CT molecular complexity index is 180. The summed E-state index contributed by atoms with van der Waals surface area (Å²) in [5, 5.41) is 3.08. The van der Waals surface area contributed by atoms with E-state index in [-0.39, 0.29) is 0 Å². The summed E-state index contributed by atoms with van der Waals surface area (Å²) in [6.07, 6.45) is 14.1. The van der Waals surface area contributed by atoms with Gasteiger partial charge in [0, 0.05) is 6.42 Å². The topological polar surface area (TPSA) is 29.1 Å². The second kappa shape index (κ2) is 14.7. The third kappa shape index (κ3) is 13.7. The highest BCUT2D eigenvalue weighted by atomic mass is 16.1. The smallest absolute Gasteiger partial charge is 0.146 e. The van der Waals surface area contributed by atoms with E-state index in [1.807, 2.05) is 6.92 Å². The normalized spacial score (nSPS) is 10.8. The number of carbonyl (C=O) groups excluding carboxylic acids is 1. The summed E-state index contributed by atoms with van der Waals surface area (Å²) in [7, 11) is 0. The van der Waals surface area contributed by atoms with Crippen molar-refractivity contribution in [2.45, 2.75) is 84.5 Å². The maximum Gasteiger partial charge on any atom is 0.146 e. The Morgan fingerprint density at radius 1 is 0.778 bits per heavy atom. The summed E-state index contributed by atoms with van der Waals surface area (Å²) >= 11 is 0. The zero-order valence-electron chi connectivity index (χ0n) is 12.6. The van der Waals surface area contributed by atoms with Gasteiger partial charge in [0.05, 0.1) is 6.54 Å². The lowest BCUT2D eigenvalue weighted by Crippen LogP contribution is -2.22. The largest absolute Gasteiger partial charge is 0.310 e. The molecule has 2 nitrogen and oxygen atoms in total. The molecular formula is C16H33NO. The maximum absolute atomic E-state index is 11.4. The van der Waals surface area contributed by atoms with Crippen molar-refractivity contribution in [1.82, 2.24) is 5.32 Å². The van der Waals surface area contributed by atoms with Gasteiger partial charge in [0.25, 0.3) is 0 Å². The number of ketones is 1. The number of nitrogens with one attached hydrogen (secondary N) is 1. The van der Waals surface area contributed by atoms with Crippen molar-refractivity contribution in [2.75, 3.05) is 13.1 Å². The summed E-state index contributed by atoms with van der Waals surface area (Å²) in [4.78, 5) is 11.4. The van der Waals surface area contributed by atoms with E-state index in [1.54, 1.807) is 0 Å². The first-order chi connectivity index (χ1) is 8.81. The molecule has 0 aliphatic heterocycles. The van der Waals surface area contributed by atoms with Gasteiger partial charge in [-0.3, -0.25) is 4.79 Å². The Morgan fingerprint density at radius 3 is 1.78 bits per heavy atom. The molecule has 0 rings (SSSR count). The van der Waals surface area contributed by atoms with Crippen LogP contribution < -0.4 is 5.32 Å². The van der Waals surface area contributed by atoms with Crippen LogP contribution in [0, 0.1) is 0 Å². The zero-order valence-corrected chi connectivity index (χ0v) is 12.6. The van der Waals surface area contributed by atoms with Crippen LogP contribution in [0.3, 0.4) is 0 Å². The van der Waals surface area contributed by atoms with Crippen LogP contribution in [0.15, 0.2) is 0 Å². The molecule has 0 radical (unpaired) electrons. The number of hydrogen-bond acceptors (Lipinski definition) is 2. The molecule has 0 aromatic carbocycles. The van der Waals surface area contributed by atoms with E-state index in [1.165, 1.54) is 57.8 Å². The molecule has 0 saturated carbocycles. The Balaban J connectivity index is 3.04. The van der Waals surface area contributed by atoms with Gasteiger partial charge >= 0.3 is 0 Å². The summed E-state index contributed by atoms with van der Waals surface area (Å²) in [5.74, 6) is 0.372. The van der Waals surface area contributed by atoms with Crippen LogP contribution in [-0.2, 0) is 4.79 Å². The van der Waals surface area contributed by atoms with Gasteiger partial charge in [-0.1, -0.05) is 71.6 Å². The molecule has 0 aromatic heterocycles. The summed E-state index contributed by atoms with van der Waals surface area (Å²) in [5.41, 5.74) is 0. The maximum atomic E-state index is 11.4. The number of likely N-dealkylation sites (N-methyl/N-ethyl adjacent to an activating group) is 1. The van der Waals surface area contributed by atoms with Crippen molar-refractivity contribution < 1.29 is 4.79 Å². The van der Waals surface area contributed by atoms with Crippen LogP contribution in [0.2, 0.25) is 0 Å². The van der Waals surface area contributed by atoms with E-state index < -0.39 is 0 Å². The summed E-state index contributed by atoms with van der Waals surface area (Å²) < 4.78 is 0. The van der Waals surface area contributed by atoms with E-state index in [2.05, 4.69) is 12.2 Å². The molecule has 0 fully saturated rings. The van der Waals surface area contributed by atoms with Gasteiger partial charge in [-0.05, 0) is 13.0 Å². The molecule has 0 saturated heterocycles.